The lowest BCUT2D eigenvalue weighted by Gasteiger charge is -2.40. The van der Waals surface area contributed by atoms with Gasteiger partial charge in [0.1, 0.15) is 17.6 Å². The van der Waals surface area contributed by atoms with Crippen LogP contribution in [0.15, 0.2) is 12.7 Å². The number of rotatable bonds is 11. The number of likely N-dealkylation sites (tertiary alicyclic amines) is 1. The maximum absolute atomic E-state index is 14.1. The van der Waals surface area contributed by atoms with Gasteiger partial charge in [-0.05, 0) is 31.6 Å². The molecule has 0 aromatic heterocycles. The molecule has 0 radical (unpaired) electrons. The summed E-state index contributed by atoms with van der Waals surface area (Å²) in [5, 5.41) is 20.3. The summed E-state index contributed by atoms with van der Waals surface area (Å²) in [7, 11) is 0. The first-order valence-electron chi connectivity index (χ1n) is 12.3. The Kier molecular flexibility index (Phi) is 7.30. The third-order valence-electron chi connectivity index (χ3n) is 8.26. The molecular weight excluding hydrogens is 424 g/mol. The van der Waals surface area contributed by atoms with E-state index in [0.29, 0.717) is 19.5 Å². The molecule has 3 unspecified atom stereocenters. The summed E-state index contributed by atoms with van der Waals surface area (Å²) in [5.74, 6) is -3.94. The SMILES string of the molecule is C=CCN(CCCCC)C(=O)C1N([C@@H](CO)C(C)C)C(=O)[C@@H]2[C@@H](C(=O)O)[C@]3(C)OC12CC3C. The topological polar surface area (TPSA) is 107 Å². The van der Waals surface area contributed by atoms with Crippen molar-refractivity contribution in [1.82, 2.24) is 9.80 Å². The minimum Gasteiger partial charge on any atom is -0.481 e. The van der Waals surface area contributed by atoms with Crippen LogP contribution in [0.2, 0.25) is 0 Å². The number of aliphatic hydroxyl groups excluding tert-OH is 1. The predicted octanol–water partition coefficient (Wildman–Crippen LogP) is 2.30. The molecule has 7 atom stereocenters. The first-order chi connectivity index (χ1) is 15.5. The average Bonchev–Trinajstić information content (AvgIpc) is 3.25. The summed E-state index contributed by atoms with van der Waals surface area (Å²) in [6, 6.07) is -1.57. The third kappa shape index (κ3) is 3.79. The Hall–Kier alpha value is -1.93. The summed E-state index contributed by atoms with van der Waals surface area (Å²) >= 11 is 0. The molecule has 0 saturated carbocycles. The van der Waals surface area contributed by atoms with Gasteiger partial charge in [-0.15, -0.1) is 6.58 Å². The molecule has 1 spiro atoms. The number of hydrogen-bond acceptors (Lipinski definition) is 5. The van der Waals surface area contributed by atoms with Gasteiger partial charge in [-0.25, -0.2) is 0 Å². The molecule has 3 fully saturated rings. The van der Waals surface area contributed by atoms with E-state index in [1.54, 1.807) is 17.9 Å². The normalized spacial score (nSPS) is 35.7. The number of carbonyl (C=O) groups is 3. The fourth-order valence-electron chi connectivity index (χ4n) is 6.48. The highest BCUT2D eigenvalue weighted by Crippen LogP contribution is 2.65. The van der Waals surface area contributed by atoms with Crippen molar-refractivity contribution in [2.75, 3.05) is 19.7 Å². The van der Waals surface area contributed by atoms with Gasteiger partial charge in [-0.3, -0.25) is 14.4 Å². The van der Waals surface area contributed by atoms with Crippen LogP contribution in [0.25, 0.3) is 0 Å². The molecule has 0 aromatic carbocycles. The molecule has 8 heteroatoms. The largest absolute Gasteiger partial charge is 0.481 e. The number of aliphatic carboxylic acids is 1. The summed E-state index contributed by atoms with van der Waals surface area (Å²) in [5.41, 5.74) is -2.23. The highest BCUT2D eigenvalue weighted by Gasteiger charge is 2.80. The minimum absolute atomic E-state index is 0.120. The highest BCUT2D eigenvalue weighted by molar-refractivity contribution is 5.98. The zero-order chi connectivity index (χ0) is 24.7. The van der Waals surface area contributed by atoms with E-state index in [2.05, 4.69) is 13.5 Å². The molecule has 0 aromatic rings. The van der Waals surface area contributed by atoms with E-state index >= 15 is 0 Å². The van der Waals surface area contributed by atoms with Crippen molar-refractivity contribution in [3.63, 3.8) is 0 Å². The standard InChI is InChI=1S/C25H40N2O6/c1-7-9-10-12-26(11-8-2)22(30)20-25-13-16(5)24(6,33-25)19(23(31)32)18(25)21(29)27(20)17(14-28)15(3)4/h8,15-20,28H,2,7,9-14H2,1,3-6H3,(H,31,32)/t16?,17-,18-,19-,20?,24+,25?/m0/s1. The second-order valence-electron chi connectivity index (χ2n) is 10.6. The van der Waals surface area contributed by atoms with Crippen molar-refractivity contribution >= 4 is 17.8 Å². The summed E-state index contributed by atoms with van der Waals surface area (Å²) < 4.78 is 6.52. The van der Waals surface area contributed by atoms with Gasteiger partial charge in [-0.1, -0.05) is 46.6 Å². The van der Waals surface area contributed by atoms with Crippen LogP contribution < -0.4 is 0 Å². The number of amides is 2. The Labute approximate surface area is 196 Å². The smallest absolute Gasteiger partial charge is 0.310 e. The Balaban J connectivity index is 2.12. The lowest BCUT2D eigenvalue weighted by atomic mass is 9.62. The van der Waals surface area contributed by atoms with E-state index in [9.17, 15) is 24.6 Å². The quantitative estimate of drug-likeness (QED) is 0.359. The van der Waals surface area contributed by atoms with Crippen LogP contribution in [0.3, 0.4) is 0 Å². The number of aliphatic hydroxyl groups is 1. The molecule has 2 N–H and O–H groups in total. The monoisotopic (exact) mass is 464 g/mol. The van der Waals surface area contributed by atoms with Gasteiger partial charge in [0.15, 0.2) is 0 Å². The van der Waals surface area contributed by atoms with E-state index in [1.807, 2.05) is 20.8 Å². The number of ether oxygens (including phenoxy) is 1. The maximum Gasteiger partial charge on any atom is 0.310 e. The van der Waals surface area contributed by atoms with Gasteiger partial charge in [0.25, 0.3) is 0 Å². The summed E-state index contributed by atoms with van der Waals surface area (Å²) in [6.45, 7) is 13.9. The van der Waals surface area contributed by atoms with E-state index in [4.69, 9.17) is 4.74 Å². The molecule has 3 saturated heterocycles. The van der Waals surface area contributed by atoms with Crippen LogP contribution in [-0.2, 0) is 19.1 Å². The lowest BCUT2D eigenvalue weighted by Crippen LogP contribution is -2.59. The highest BCUT2D eigenvalue weighted by atomic mass is 16.5. The number of carboxylic acid groups (broad SMARTS) is 1. The van der Waals surface area contributed by atoms with Crippen LogP contribution in [0.1, 0.15) is 60.3 Å². The lowest BCUT2D eigenvalue weighted by molar-refractivity contribution is -0.160. The number of hydrogen-bond donors (Lipinski definition) is 2. The Bertz CT molecular complexity index is 800. The molecule has 8 nitrogen and oxygen atoms in total. The molecule has 186 valence electrons. The third-order valence-corrected chi connectivity index (χ3v) is 8.26. The predicted molar refractivity (Wildman–Crippen MR) is 123 cm³/mol. The van der Waals surface area contributed by atoms with Gasteiger partial charge in [0, 0.05) is 13.1 Å². The molecule has 3 aliphatic rings. The number of carbonyl (C=O) groups excluding carboxylic acids is 2. The first kappa shape index (κ1) is 25.7. The van der Waals surface area contributed by atoms with Crippen LogP contribution in [0.4, 0.5) is 0 Å². The van der Waals surface area contributed by atoms with E-state index in [0.717, 1.165) is 19.3 Å². The summed E-state index contributed by atoms with van der Waals surface area (Å²) in [6.07, 6.45) is 4.91. The number of carboxylic acids is 1. The zero-order valence-corrected chi connectivity index (χ0v) is 20.6. The Morgan fingerprint density at radius 3 is 2.55 bits per heavy atom. The van der Waals surface area contributed by atoms with Crippen molar-refractivity contribution in [3.05, 3.63) is 12.7 Å². The molecule has 2 amide bonds. The minimum atomic E-state index is -1.21. The number of fused-ring (bicyclic) bond motifs is 1. The van der Waals surface area contributed by atoms with Gasteiger partial charge >= 0.3 is 5.97 Å². The van der Waals surface area contributed by atoms with Gasteiger partial charge in [-0.2, -0.15) is 0 Å². The molecule has 33 heavy (non-hydrogen) atoms. The molecule has 3 rings (SSSR count). The van der Waals surface area contributed by atoms with Crippen molar-refractivity contribution < 1.29 is 29.3 Å². The molecule has 3 heterocycles. The average molecular weight is 465 g/mol. The fourth-order valence-corrected chi connectivity index (χ4v) is 6.48. The van der Waals surface area contributed by atoms with Crippen LogP contribution in [0, 0.1) is 23.7 Å². The number of nitrogens with zero attached hydrogens (tertiary/aromatic N) is 2. The van der Waals surface area contributed by atoms with Crippen molar-refractivity contribution in [1.29, 1.82) is 0 Å². The van der Waals surface area contributed by atoms with Crippen LogP contribution >= 0.6 is 0 Å². The zero-order valence-electron chi connectivity index (χ0n) is 20.6. The van der Waals surface area contributed by atoms with Crippen molar-refractivity contribution in [2.45, 2.75) is 83.6 Å². The fraction of sp³-hybridized carbons (Fsp3) is 0.800. The van der Waals surface area contributed by atoms with Gasteiger partial charge < -0.3 is 24.7 Å². The van der Waals surface area contributed by atoms with Crippen molar-refractivity contribution in [2.24, 2.45) is 23.7 Å². The van der Waals surface area contributed by atoms with E-state index in [1.165, 1.54) is 4.90 Å². The van der Waals surface area contributed by atoms with Crippen LogP contribution in [-0.4, -0.2) is 80.8 Å². The first-order valence-corrected chi connectivity index (χ1v) is 12.3. The Morgan fingerprint density at radius 2 is 2.03 bits per heavy atom. The van der Waals surface area contributed by atoms with E-state index < -0.39 is 47.0 Å². The van der Waals surface area contributed by atoms with E-state index in [-0.39, 0.29) is 24.3 Å². The maximum atomic E-state index is 14.1. The number of unbranched alkanes of at least 4 members (excludes halogenated alkanes) is 2. The van der Waals surface area contributed by atoms with Gasteiger partial charge in [0.05, 0.1) is 24.2 Å². The second kappa shape index (κ2) is 9.37. The van der Waals surface area contributed by atoms with Gasteiger partial charge in [0.2, 0.25) is 11.8 Å². The molecular formula is C25H40N2O6. The molecule has 3 aliphatic heterocycles. The van der Waals surface area contributed by atoms with Crippen LogP contribution in [0.5, 0.6) is 0 Å². The second-order valence-corrected chi connectivity index (χ2v) is 10.6. The summed E-state index contributed by atoms with van der Waals surface area (Å²) in [4.78, 5) is 43.6. The molecule has 0 aliphatic carbocycles. The molecule has 2 bridgehead atoms. The van der Waals surface area contributed by atoms with Crippen molar-refractivity contribution in [3.8, 4) is 0 Å². The Morgan fingerprint density at radius 1 is 1.36 bits per heavy atom.